The molecule has 1 saturated heterocycles. The van der Waals surface area contributed by atoms with E-state index in [0.29, 0.717) is 12.1 Å². The molecule has 0 bridgehead atoms. The van der Waals surface area contributed by atoms with Crippen molar-refractivity contribution in [3.63, 3.8) is 0 Å². The van der Waals surface area contributed by atoms with Crippen LogP contribution in [0.1, 0.15) is 36.5 Å². The molecule has 0 saturated carbocycles. The fourth-order valence-corrected chi connectivity index (χ4v) is 3.41. The maximum absolute atomic E-state index is 12.4. The van der Waals surface area contributed by atoms with E-state index >= 15 is 0 Å². The first kappa shape index (κ1) is 19.7. The molecule has 0 aliphatic carbocycles. The first-order chi connectivity index (χ1) is 13.7. The standard InChI is InChI=1S/C22H28N4O2/c1-2-14-23-21(27)19-10-6-7-11-20(19)26-15-12-18(13-16-26)25-22(28)24-17-8-4-3-5-9-17/h3-11,18H,2,12-16H2,1H3,(H,23,27)(H2,24,25,28). The quantitative estimate of drug-likeness (QED) is 0.717. The number of carbonyl (C=O) groups excluding carboxylic acids is 2. The van der Waals surface area contributed by atoms with Gasteiger partial charge in [0.25, 0.3) is 5.91 Å². The lowest BCUT2D eigenvalue weighted by atomic mass is 10.0. The van der Waals surface area contributed by atoms with E-state index in [1.807, 2.05) is 61.5 Å². The average molecular weight is 380 g/mol. The van der Waals surface area contributed by atoms with Crippen LogP contribution >= 0.6 is 0 Å². The molecule has 1 fully saturated rings. The molecule has 1 aliphatic heterocycles. The summed E-state index contributed by atoms with van der Waals surface area (Å²) >= 11 is 0. The molecule has 0 unspecified atom stereocenters. The maximum Gasteiger partial charge on any atom is 0.319 e. The number of benzene rings is 2. The monoisotopic (exact) mass is 380 g/mol. The van der Waals surface area contributed by atoms with Gasteiger partial charge in [0.15, 0.2) is 0 Å². The van der Waals surface area contributed by atoms with Crippen molar-refractivity contribution in [3.05, 3.63) is 60.2 Å². The molecule has 3 N–H and O–H groups in total. The number of nitrogens with zero attached hydrogens (tertiary/aromatic N) is 1. The van der Waals surface area contributed by atoms with Gasteiger partial charge in [0.1, 0.15) is 0 Å². The average Bonchev–Trinajstić information content (AvgIpc) is 2.73. The zero-order valence-corrected chi connectivity index (χ0v) is 16.3. The number of hydrogen-bond acceptors (Lipinski definition) is 3. The van der Waals surface area contributed by atoms with E-state index in [-0.39, 0.29) is 18.0 Å². The van der Waals surface area contributed by atoms with Crippen LogP contribution < -0.4 is 20.9 Å². The molecule has 6 heteroatoms. The Morgan fingerprint density at radius 2 is 1.68 bits per heavy atom. The van der Waals surface area contributed by atoms with Crippen LogP contribution in [0, 0.1) is 0 Å². The Bertz CT molecular complexity index is 786. The minimum Gasteiger partial charge on any atom is -0.371 e. The summed E-state index contributed by atoms with van der Waals surface area (Å²) in [6, 6.07) is 17.1. The molecule has 0 aromatic heterocycles. The van der Waals surface area contributed by atoms with Crippen LogP contribution in [0.15, 0.2) is 54.6 Å². The van der Waals surface area contributed by atoms with Gasteiger partial charge >= 0.3 is 6.03 Å². The number of piperidine rings is 1. The summed E-state index contributed by atoms with van der Waals surface area (Å²) in [5.41, 5.74) is 2.46. The van der Waals surface area contributed by atoms with E-state index in [1.54, 1.807) is 0 Å². The molecule has 3 rings (SSSR count). The summed E-state index contributed by atoms with van der Waals surface area (Å²) in [6.45, 7) is 4.32. The molecule has 0 radical (unpaired) electrons. The third-order valence-electron chi connectivity index (χ3n) is 4.89. The van der Waals surface area contributed by atoms with Gasteiger partial charge in [-0.2, -0.15) is 0 Å². The molecule has 2 aromatic rings. The zero-order chi connectivity index (χ0) is 19.8. The lowest BCUT2D eigenvalue weighted by Gasteiger charge is -2.34. The van der Waals surface area contributed by atoms with Crippen molar-refractivity contribution in [1.82, 2.24) is 10.6 Å². The highest BCUT2D eigenvalue weighted by molar-refractivity contribution is 5.99. The summed E-state index contributed by atoms with van der Waals surface area (Å²) in [5.74, 6) is -0.0278. The molecular weight excluding hydrogens is 352 g/mol. The van der Waals surface area contributed by atoms with E-state index in [4.69, 9.17) is 0 Å². The Labute approximate surface area is 166 Å². The molecule has 0 atom stereocenters. The van der Waals surface area contributed by atoms with Gasteiger partial charge in [-0.3, -0.25) is 4.79 Å². The molecule has 6 nitrogen and oxygen atoms in total. The van der Waals surface area contributed by atoms with Crippen molar-refractivity contribution >= 4 is 23.3 Å². The first-order valence-corrected chi connectivity index (χ1v) is 9.92. The SMILES string of the molecule is CCCNC(=O)c1ccccc1N1CCC(NC(=O)Nc2ccccc2)CC1. The van der Waals surface area contributed by atoms with E-state index in [9.17, 15) is 9.59 Å². The highest BCUT2D eigenvalue weighted by atomic mass is 16.2. The maximum atomic E-state index is 12.4. The minimum absolute atomic E-state index is 0.0278. The number of anilines is 2. The van der Waals surface area contributed by atoms with E-state index in [1.165, 1.54) is 0 Å². The topological polar surface area (TPSA) is 73.5 Å². The van der Waals surface area contributed by atoms with Crippen molar-refractivity contribution < 1.29 is 9.59 Å². The fourth-order valence-electron chi connectivity index (χ4n) is 3.41. The van der Waals surface area contributed by atoms with Crippen LogP contribution in [-0.2, 0) is 0 Å². The highest BCUT2D eigenvalue weighted by Crippen LogP contribution is 2.24. The smallest absolute Gasteiger partial charge is 0.319 e. The van der Waals surface area contributed by atoms with Crippen molar-refractivity contribution in [3.8, 4) is 0 Å². The molecule has 148 valence electrons. The van der Waals surface area contributed by atoms with Gasteiger partial charge in [0.2, 0.25) is 0 Å². The van der Waals surface area contributed by atoms with Gasteiger partial charge in [-0.05, 0) is 43.5 Å². The summed E-state index contributed by atoms with van der Waals surface area (Å²) in [7, 11) is 0. The third-order valence-corrected chi connectivity index (χ3v) is 4.89. The lowest BCUT2D eigenvalue weighted by molar-refractivity contribution is 0.0954. The summed E-state index contributed by atoms with van der Waals surface area (Å²) < 4.78 is 0. The van der Waals surface area contributed by atoms with E-state index < -0.39 is 0 Å². The van der Waals surface area contributed by atoms with Gasteiger partial charge in [0.05, 0.1) is 5.56 Å². The van der Waals surface area contributed by atoms with E-state index in [0.717, 1.165) is 43.7 Å². The highest BCUT2D eigenvalue weighted by Gasteiger charge is 2.23. The second-order valence-electron chi connectivity index (χ2n) is 7.00. The van der Waals surface area contributed by atoms with Crippen molar-refractivity contribution in [1.29, 1.82) is 0 Å². The Hall–Kier alpha value is -3.02. The number of nitrogens with one attached hydrogen (secondary N) is 3. The summed E-state index contributed by atoms with van der Waals surface area (Å²) in [4.78, 5) is 26.9. The number of rotatable bonds is 6. The summed E-state index contributed by atoms with van der Waals surface area (Å²) in [5, 5.41) is 8.86. The molecule has 0 spiro atoms. The third kappa shape index (κ3) is 5.25. The van der Waals surface area contributed by atoms with Gasteiger partial charge in [-0.15, -0.1) is 0 Å². The van der Waals surface area contributed by atoms with Gasteiger partial charge in [-0.1, -0.05) is 37.3 Å². The first-order valence-electron chi connectivity index (χ1n) is 9.92. The van der Waals surface area contributed by atoms with Crippen molar-refractivity contribution in [2.75, 3.05) is 29.9 Å². The molecule has 2 aromatic carbocycles. The van der Waals surface area contributed by atoms with Gasteiger partial charge in [0, 0.05) is 37.1 Å². The predicted molar refractivity (Wildman–Crippen MR) is 113 cm³/mol. The second kappa shape index (κ2) is 9.78. The van der Waals surface area contributed by atoms with Gasteiger partial charge in [-0.25, -0.2) is 4.79 Å². The van der Waals surface area contributed by atoms with Gasteiger partial charge < -0.3 is 20.9 Å². The second-order valence-corrected chi connectivity index (χ2v) is 7.00. The minimum atomic E-state index is -0.177. The largest absolute Gasteiger partial charge is 0.371 e. The molecular formula is C22H28N4O2. The van der Waals surface area contributed by atoms with Crippen LogP contribution in [0.3, 0.4) is 0 Å². The molecule has 1 heterocycles. The molecule has 1 aliphatic rings. The number of hydrogen-bond donors (Lipinski definition) is 3. The van der Waals surface area contributed by atoms with Crippen LogP contribution in [0.25, 0.3) is 0 Å². The number of amides is 3. The van der Waals surface area contributed by atoms with Crippen molar-refractivity contribution in [2.45, 2.75) is 32.2 Å². The zero-order valence-electron chi connectivity index (χ0n) is 16.3. The molecule has 3 amide bonds. The van der Waals surface area contributed by atoms with Crippen molar-refractivity contribution in [2.24, 2.45) is 0 Å². The van der Waals surface area contributed by atoms with Crippen LogP contribution in [0.2, 0.25) is 0 Å². The number of carbonyl (C=O) groups is 2. The van der Waals surface area contributed by atoms with Crippen LogP contribution in [0.4, 0.5) is 16.2 Å². The predicted octanol–water partition coefficient (Wildman–Crippen LogP) is 3.62. The van der Waals surface area contributed by atoms with Crippen LogP contribution in [0.5, 0.6) is 0 Å². The molecule has 28 heavy (non-hydrogen) atoms. The number of para-hydroxylation sites is 2. The number of urea groups is 1. The summed E-state index contributed by atoms with van der Waals surface area (Å²) in [6.07, 6.45) is 2.59. The lowest BCUT2D eigenvalue weighted by Crippen LogP contribution is -2.46. The Morgan fingerprint density at radius 1 is 1.00 bits per heavy atom. The van der Waals surface area contributed by atoms with Crippen LogP contribution in [-0.4, -0.2) is 37.6 Å². The Balaban J connectivity index is 1.54. The Morgan fingerprint density at radius 3 is 2.39 bits per heavy atom. The normalized spacial score (nSPS) is 14.4. The Kier molecular flexibility index (Phi) is 6.89. The fraction of sp³-hybridized carbons (Fsp3) is 0.364. The van der Waals surface area contributed by atoms with E-state index in [2.05, 4.69) is 20.9 Å².